The number of hydrogen-bond donors (Lipinski definition) is 0. The largest absolute Gasteiger partial charge is 0.300 e. The van der Waals surface area contributed by atoms with E-state index in [1.807, 2.05) is 0 Å². The summed E-state index contributed by atoms with van der Waals surface area (Å²) in [7, 11) is 0. The van der Waals surface area contributed by atoms with Crippen molar-refractivity contribution in [2.45, 2.75) is 44.7 Å². The summed E-state index contributed by atoms with van der Waals surface area (Å²) in [6, 6.07) is 0. The van der Waals surface area contributed by atoms with Gasteiger partial charge in [0.25, 0.3) is 0 Å². The average Bonchev–Trinajstić information content (AvgIpc) is 2.83. The Balaban J connectivity index is 2.07. The highest BCUT2D eigenvalue weighted by atomic mass is 16.1. The Morgan fingerprint density at radius 2 is 1.27 bits per heavy atom. The second kappa shape index (κ2) is 4.62. The zero-order valence-corrected chi connectivity index (χ0v) is 9.74. The number of likely N-dealkylation sites (tertiary alicyclic amines) is 2. The maximum Gasteiger partial charge on any atom is 0.154 e. The van der Waals surface area contributed by atoms with Crippen LogP contribution in [0.15, 0.2) is 0 Å². The number of carbonyl (C=O) groups is 1. The molecule has 2 heterocycles. The molecular weight excluding hydrogens is 188 g/mol. The molecule has 3 heteroatoms. The summed E-state index contributed by atoms with van der Waals surface area (Å²) in [6.07, 6.45) is 7.47. The summed E-state index contributed by atoms with van der Waals surface area (Å²) in [6.45, 7) is 6.45. The van der Waals surface area contributed by atoms with Gasteiger partial charge in [-0.2, -0.15) is 0 Å². The van der Waals surface area contributed by atoms with Crippen LogP contribution in [-0.2, 0) is 4.79 Å². The number of hydrogen-bond acceptors (Lipinski definition) is 3. The van der Waals surface area contributed by atoms with Gasteiger partial charge in [0, 0.05) is 26.2 Å². The van der Waals surface area contributed by atoms with Gasteiger partial charge in [-0.15, -0.1) is 0 Å². The Kier molecular flexibility index (Phi) is 3.42. The smallest absolute Gasteiger partial charge is 0.154 e. The molecule has 0 spiro atoms. The Morgan fingerprint density at radius 3 is 1.67 bits per heavy atom. The van der Waals surface area contributed by atoms with Crippen LogP contribution in [0.1, 0.15) is 39.0 Å². The predicted octanol–water partition coefficient (Wildman–Crippen LogP) is 1.48. The van der Waals surface area contributed by atoms with E-state index in [1.54, 1.807) is 0 Å². The van der Waals surface area contributed by atoms with E-state index in [0.29, 0.717) is 0 Å². The fraction of sp³-hybridized carbons (Fsp3) is 0.917. The maximum absolute atomic E-state index is 11.4. The van der Waals surface area contributed by atoms with Crippen LogP contribution in [0.4, 0.5) is 0 Å². The van der Waals surface area contributed by atoms with E-state index in [-0.39, 0.29) is 5.66 Å². The van der Waals surface area contributed by atoms with Crippen molar-refractivity contribution in [2.24, 2.45) is 0 Å². The Morgan fingerprint density at radius 1 is 0.867 bits per heavy atom. The summed E-state index contributed by atoms with van der Waals surface area (Å²) in [4.78, 5) is 16.2. The summed E-state index contributed by atoms with van der Waals surface area (Å²) < 4.78 is 0. The molecule has 2 saturated heterocycles. The lowest BCUT2D eigenvalue weighted by molar-refractivity contribution is -0.131. The molecule has 15 heavy (non-hydrogen) atoms. The van der Waals surface area contributed by atoms with Crippen LogP contribution in [0.5, 0.6) is 0 Å². The lowest BCUT2D eigenvalue weighted by Gasteiger charge is -2.45. The number of aldehydes is 1. The Labute approximate surface area is 92.4 Å². The highest BCUT2D eigenvalue weighted by Crippen LogP contribution is 2.26. The quantitative estimate of drug-likeness (QED) is 0.659. The molecular formula is C12H22N2O. The SMILES string of the molecule is CC(C=O)(N1CCCCC1)N1CCCC1. The number of piperidine rings is 1. The maximum atomic E-state index is 11.4. The lowest BCUT2D eigenvalue weighted by Crippen LogP contribution is -2.60. The summed E-state index contributed by atoms with van der Waals surface area (Å²) in [5, 5.41) is 0. The van der Waals surface area contributed by atoms with E-state index in [0.717, 1.165) is 32.5 Å². The zero-order chi connectivity index (χ0) is 10.7. The van der Waals surface area contributed by atoms with Crippen molar-refractivity contribution < 1.29 is 4.79 Å². The molecule has 2 fully saturated rings. The van der Waals surface area contributed by atoms with Gasteiger partial charge in [0.1, 0.15) is 5.66 Å². The molecule has 0 saturated carbocycles. The predicted molar refractivity (Wildman–Crippen MR) is 60.7 cm³/mol. The van der Waals surface area contributed by atoms with Crippen molar-refractivity contribution in [2.75, 3.05) is 26.2 Å². The molecule has 1 unspecified atom stereocenters. The summed E-state index contributed by atoms with van der Waals surface area (Å²) in [5.74, 6) is 0. The van der Waals surface area contributed by atoms with Crippen LogP contribution in [0.2, 0.25) is 0 Å². The van der Waals surface area contributed by atoms with Crippen molar-refractivity contribution in [1.82, 2.24) is 9.80 Å². The highest BCUT2D eigenvalue weighted by molar-refractivity contribution is 5.63. The molecule has 0 aliphatic carbocycles. The van der Waals surface area contributed by atoms with Crippen LogP contribution in [0.3, 0.4) is 0 Å². The third-order valence-corrected chi connectivity index (χ3v) is 3.97. The fourth-order valence-corrected chi connectivity index (χ4v) is 2.87. The van der Waals surface area contributed by atoms with Gasteiger partial charge < -0.3 is 0 Å². The van der Waals surface area contributed by atoms with Gasteiger partial charge >= 0.3 is 0 Å². The molecule has 0 bridgehead atoms. The molecule has 0 radical (unpaired) electrons. The molecule has 0 aromatic heterocycles. The first-order valence-electron chi connectivity index (χ1n) is 6.24. The van der Waals surface area contributed by atoms with E-state index in [1.165, 1.54) is 32.1 Å². The van der Waals surface area contributed by atoms with Gasteiger partial charge in [0.15, 0.2) is 6.29 Å². The molecule has 0 aromatic rings. The van der Waals surface area contributed by atoms with Crippen molar-refractivity contribution in [1.29, 1.82) is 0 Å². The van der Waals surface area contributed by atoms with Crippen LogP contribution in [0, 0.1) is 0 Å². The molecule has 0 aromatic carbocycles. The average molecular weight is 210 g/mol. The topological polar surface area (TPSA) is 23.6 Å². The highest BCUT2D eigenvalue weighted by Gasteiger charge is 2.39. The second-order valence-electron chi connectivity index (χ2n) is 4.95. The Hall–Kier alpha value is -0.410. The van der Waals surface area contributed by atoms with Crippen LogP contribution >= 0.6 is 0 Å². The minimum Gasteiger partial charge on any atom is -0.300 e. The first-order valence-corrected chi connectivity index (χ1v) is 6.24. The van der Waals surface area contributed by atoms with E-state index < -0.39 is 0 Å². The molecule has 3 nitrogen and oxygen atoms in total. The first kappa shape index (κ1) is 11.1. The number of nitrogens with zero attached hydrogens (tertiary/aromatic N) is 2. The van der Waals surface area contributed by atoms with Gasteiger partial charge in [0.2, 0.25) is 0 Å². The number of carbonyl (C=O) groups excluding carboxylic acids is 1. The van der Waals surface area contributed by atoms with Crippen LogP contribution < -0.4 is 0 Å². The summed E-state index contributed by atoms with van der Waals surface area (Å²) in [5.41, 5.74) is -0.322. The van der Waals surface area contributed by atoms with Crippen molar-refractivity contribution in [3.8, 4) is 0 Å². The molecule has 1 atom stereocenters. The van der Waals surface area contributed by atoms with E-state index >= 15 is 0 Å². The van der Waals surface area contributed by atoms with E-state index in [4.69, 9.17) is 0 Å². The van der Waals surface area contributed by atoms with Gasteiger partial charge in [0.05, 0.1) is 0 Å². The minimum absolute atomic E-state index is 0.322. The molecule has 0 amide bonds. The van der Waals surface area contributed by atoms with Gasteiger partial charge in [-0.3, -0.25) is 14.6 Å². The van der Waals surface area contributed by atoms with E-state index in [9.17, 15) is 4.79 Å². The number of rotatable bonds is 3. The first-order chi connectivity index (χ1) is 7.27. The van der Waals surface area contributed by atoms with Gasteiger partial charge in [-0.1, -0.05) is 6.42 Å². The molecule has 2 aliphatic rings. The monoisotopic (exact) mass is 210 g/mol. The standard InChI is InChI=1S/C12H22N2O/c1-12(11-15,14-9-5-6-10-14)13-7-3-2-4-8-13/h11H,2-10H2,1H3. The van der Waals surface area contributed by atoms with Crippen molar-refractivity contribution in [3.63, 3.8) is 0 Å². The Bertz CT molecular complexity index is 220. The lowest BCUT2D eigenvalue weighted by atomic mass is 10.0. The summed E-state index contributed by atoms with van der Waals surface area (Å²) >= 11 is 0. The van der Waals surface area contributed by atoms with Crippen LogP contribution in [0.25, 0.3) is 0 Å². The normalized spacial score (nSPS) is 28.9. The zero-order valence-electron chi connectivity index (χ0n) is 9.74. The van der Waals surface area contributed by atoms with Crippen molar-refractivity contribution in [3.05, 3.63) is 0 Å². The van der Waals surface area contributed by atoms with Gasteiger partial charge in [-0.25, -0.2) is 0 Å². The second-order valence-corrected chi connectivity index (χ2v) is 4.95. The third-order valence-electron chi connectivity index (χ3n) is 3.97. The molecule has 2 aliphatic heterocycles. The van der Waals surface area contributed by atoms with E-state index in [2.05, 4.69) is 16.7 Å². The third kappa shape index (κ3) is 2.08. The van der Waals surface area contributed by atoms with Gasteiger partial charge in [-0.05, 0) is 32.6 Å². The van der Waals surface area contributed by atoms with Crippen molar-refractivity contribution >= 4 is 6.29 Å². The molecule has 0 N–H and O–H groups in total. The molecule has 86 valence electrons. The van der Waals surface area contributed by atoms with Crippen LogP contribution in [-0.4, -0.2) is 47.9 Å². The molecule has 2 rings (SSSR count). The fourth-order valence-electron chi connectivity index (χ4n) is 2.87. The minimum atomic E-state index is -0.322.